The van der Waals surface area contributed by atoms with Crippen molar-refractivity contribution >= 4 is 9.84 Å². The summed E-state index contributed by atoms with van der Waals surface area (Å²) in [6, 6.07) is 0.827. The van der Waals surface area contributed by atoms with Crippen LogP contribution in [0, 0.1) is 0 Å². The number of piperazine rings is 1. The molecule has 0 aromatic rings. The minimum atomic E-state index is -2.83. The summed E-state index contributed by atoms with van der Waals surface area (Å²) in [4.78, 5) is 4.73. The highest BCUT2D eigenvalue weighted by Crippen LogP contribution is 2.14. The summed E-state index contributed by atoms with van der Waals surface area (Å²) in [6.07, 6.45) is 1.66. The average Bonchev–Trinajstić information content (AvgIpc) is 2.38. The Labute approximate surface area is 118 Å². The van der Waals surface area contributed by atoms with E-state index in [1.807, 2.05) is 7.05 Å². The van der Waals surface area contributed by atoms with Gasteiger partial charge in [-0.05, 0) is 34.0 Å². The molecule has 0 radical (unpaired) electrons. The van der Waals surface area contributed by atoms with E-state index < -0.39 is 9.84 Å². The van der Waals surface area contributed by atoms with Crippen LogP contribution < -0.4 is 5.32 Å². The van der Waals surface area contributed by atoms with Gasteiger partial charge in [0, 0.05) is 37.5 Å². The molecule has 2 unspecified atom stereocenters. The molecule has 1 saturated heterocycles. The largest absolute Gasteiger partial charge is 0.315 e. The van der Waals surface area contributed by atoms with Gasteiger partial charge >= 0.3 is 0 Å². The SMILES string of the molecule is CCS(=O)(=O)CCCC(NC)C1CN(C)CCN1C. The molecule has 0 saturated carbocycles. The predicted octanol–water partition coefficient (Wildman–Crippen LogP) is 0.0351. The van der Waals surface area contributed by atoms with E-state index in [0.717, 1.165) is 32.5 Å². The summed E-state index contributed by atoms with van der Waals surface area (Å²) in [5, 5.41) is 3.36. The maximum Gasteiger partial charge on any atom is 0.150 e. The summed E-state index contributed by atoms with van der Waals surface area (Å²) >= 11 is 0. The van der Waals surface area contributed by atoms with Crippen molar-refractivity contribution in [1.29, 1.82) is 0 Å². The molecule has 2 atom stereocenters. The zero-order valence-corrected chi connectivity index (χ0v) is 13.5. The first-order valence-electron chi connectivity index (χ1n) is 7.16. The predicted molar refractivity (Wildman–Crippen MR) is 80.3 cm³/mol. The second kappa shape index (κ2) is 7.57. The van der Waals surface area contributed by atoms with Crippen LogP contribution in [-0.4, -0.2) is 82.6 Å². The lowest BCUT2D eigenvalue weighted by Gasteiger charge is -2.42. The van der Waals surface area contributed by atoms with E-state index in [1.54, 1.807) is 6.92 Å². The first-order valence-corrected chi connectivity index (χ1v) is 8.98. The molecule has 114 valence electrons. The lowest BCUT2D eigenvalue weighted by Crippen LogP contribution is -2.58. The zero-order valence-electron chi connectivity index (χ0n) is 12.7. The third-order valence-electron chi connectivity index (χ3n) is 4.14. The van der Waals surface area contributed by atoms with Gasteiger partial charge in [0.05, 0.1) is 5.75 Å². The van der Waals surface area contributed by atoms with Crippen molar-refractivity contribution in [2.75, 3.05) is 52.3 Å². The first-order chi connectivity index (χ1) is 8.89. The normalized spacial score (nSPS) is 24.5. The number of likely N-dealkylation sites (N-methyl/N-ethyl adjacent to an activating group) is 3. The van der Waals surface area contributed by atoms with Gasteiger partial charge in [-0.3, -0.25) is 4.90 Å². The van der Waals surface area contributed by atoms with E-state index in [1.165, 1.54) is 0 Å². The Balaban J connectivity index is 2.48. The van der Waals surface area contributed by atoms with Crippen molar-refractivity contribution in [3.8, 4) is 0 Å². The topological polar surface area (TPSA) is 52.7 Å². The van der Waals surface area contributed by atoms with Crippen LogP contribution in [0.5, 0.6) is 0 Å². The van der Waals surface area contributed by atoms with Gasteiger partial charge in [-0.2, -0.15) is 0 Å². The van der Waals surface area contributed by atoms with Gasteiger partial charge in [0.1, 0.15) is 9.84 Å². The van der Waals surface area contributed by atoms with Crippen molar-refractivity contribution in [3.05, 3.63) is 0 Å². The summed E-state index contributed by atoms with van der Waals surface area (Å²) in [7, 11) is 3.45. The number of hydrogen-bond donors (Lipinski definition) is 1. The van der Waals surface area contributed by atoms with Crippen LogP contribution in [0.15, 0.2) is 0 Å². The lowest BCUT2D eigenvalue weighted by molar-refractivity contribution is 0.0872. The van der Waals surface area contributed by atoms with Crippen LogP contribution in [-0.2, 0) is 9.84 Å². The number of rotatable bonds is 7. The molecule has 5 nitrogen and oxygen atoms in total. The second-order valence-corrected chi connectivity index (χ2v) is 8.06. The summed E-state index contributed by atoms with van der Waals surface area (Å²) in [5.41, 5.74) is 0. The van der Waals surface area contributed by atoms with E-state index >= 15 is 0 Å². The Kier molecular flexibility index (Phi) is 6.73. The molecular weight excluding hydrogens is 262 g/mol. The Morgan fingerprint density at radius 2 is 2.00 bits per heavy atom. The van der Waals surface area contributed by atoms with Crippen molar-refractivity contribution in [3.63, 3.8) is 0 Å². The van der Waals surface area contributed by atoms with Gasteiger partial charge in [0.15, 0.2) is 0 Å². The lowest BCUT2D eigenvalue weighted by atomic mass is 10.00. The second-order valence-electron chi connectivity index (χ2n) is 5.58. The third kappa shape index (κ3) is 5.38. The van der Waals surface area contributed by atoms with Gasteiger partial charge in [-0.1, -0.05) is 6.92 Å². The molecule has 6 heteroatoms. The molecule has 1 heterocycles. The Bertz CT molecular complexity index is 359. The quantitative estimate of drug-likeness (QED) is 0.717. The highest BCUT2D eigenvalue weighted by Gasteiger charge is 2.28. The molecule has 0 aliphatic carbocycles. The highest BCUT2D eigenvalue weighted by atomic mass is 32.2. The fraction of sp³-hybridized carbons (Fsp3) is 1.00. The highest BCUT2D eigenvalue weighted by molar-refractivity contribution is 7.91. The monoisotopic (exact) mass is 291 g/mol. The molecule has 1 aliphatic heterocycles. The fourth-order valence-corrected chi connectivity index (χ4v) is 3.57. The van der Waals surface area contributed by atoms with E-state index in [-0.39, 0.29) is 5.75 Å². The zero-order chi connectivity index (χ0) is 14.5. The maximum absolute atomic E-state index is 11.5. The van der Waals surface area contributed by atoms with Gasteiger partial charge < -0.3 is 10.2 Å². The van der Waals surface area contributed by atoms with Crippen LogP contribution in [0.2, 0.25) is 0 Å². The summed E-state index contributed by atoms with van der Waals surface area (Å²) in [6.45, 7) is 4.94. The smallest absolute Gasteiger partial charge is 0.150 e. The summed E-state index contributed by atoms with van der Waals surface area (Å²) < 4.78 is 23.0. The minimum absolute atomic E-state index is 0.253. The molecule has 1 fully saturated rings. The van der Waals surface area contributed by atoms with Gasteiger partial charge in [0.25, 0.3) is 0 Å². The van der Waals surface area contributed by atoms with E-state index in [0.29, 0.717) is 17.8 Å². The Hall–Kier alpha value is -0.170. The van der Waals surface area contributed by atoms with E-state index in [4.69, 9.17) is 0 Å². The number of nitrogens with one attached hydrogen (secondary N) is 1. The number of hydrogen-bond acceptors (Lipinski definition) is 5. The third-order valence-corrected chi connectivity index (χ3v) is 5.94. The standard InChI is InChI=1S/C13H29N3O2S/c1-5-19(17,18)10-6-7-12(14-2)13-11-15(3)8-9-16(13)4/h12-14H,5-11H2,1-4H3. The van der Waals surface area contributed by atoms with Crippen LogP contribution in [0.3, 0.4) is 0 Å². The Morgan fingerprint density at radius 3 is 2.58 bits per heavy atom. The van der Waals surface area contributed by atoms with Crippen LogP contribution >= 0.6 is 0 Å². The van der Waals surface area contributed by atoms with Crippen molar-refractivity contribution < 1.29 is 8.42 Å². The number of sulfone groups is 1. The van der Waals surface area contributed by atoms with Crippen molar-refractivity contribution in [2.45, 2.75) is 31.8 Å². The minimum Gasteiger partial charge on any atom is -0.315 e. The van der Waals surface area contributed by atoms with Crippen molar-refractivity contribution in [2.24, 2.45) is 0 Å². The molecule has 0 spiro atoms. The molecule has 0 aromatic heterocycles. The molecule has 1 N–H and O–H groups in total. The average molecular weight is 291 g/mol. The van der Waals surface area contributed by atoms with Crippen molar-refractivity contribution in [1.82, 2.24) is 15.1 Å². The Morgan fingerprint density at radius 1 is 1.32 bits per heavy atom. The van der Waals surface area contributed by atoms with Gasteiger partial charge in [0.2, 0.25) is 0 Å². The fourth-order valence-electron chi connectivity index (χ4n) is 2.68. The van der Waals surface area contributed by atoms with Crippen LogP contribution in [0.4, 0.5) is 0 Å². The van der Waals surface area contributed by atoms with Gasteiger partial charge in [-0.25, -0.2) is 8.42 Å². The van der Waals surface area contributed by atoms with Crippen LogP contribution in [0.25, 0.3) is 0 Å². The number of nitrogens with zero attached hydrogens (tertiary/aromatic N) is 2. The van der Waals surface area contributed by atoms with Gasteiger partial charge in [-0.15, -0.1) is 0 Å². The molecule has 1 aliphatic rings. The summed E-state index contributed by atoms with van der Waals surface area (Å²) in [5.74, 6) is 0.567. The molecule has 0 amide bonds. The first kappa shape index (κ1) is 16.9. The van der Waals surface area contributed by atoms with Crippen LogP contribution in [0.1, 0.15) is 19.8 Å². The van der Waals surface area contributed by atoms with E-state index in [9.17, 15) is 8.42 Å². The molecule has 19 heavy (non-hydrogen) atoms. The molecule has 0 bridgehead atoms. The maximum atomic E-state index is 11.5. The molecule has 0 aromatic carbocycles. The molecule has 1 rings (SSSR count). The van der Waals surface area contributed by atoms with E-state index in [2.05, 4.69) is 29.2 Å². The molecular formula is C13H29N3O2S.